The molecule has 1 N–H and O–H groups in total. The first-order chi connectivity index (χ1) is 10.2. The molecule has 0 radical (unpaired) electrons. The van der Waals surface area contributed by atoms with E-state index in [2.05, 4.69) is 12.0 Å². The maximum absolute atomic E-state index is 12.8. The number of hydrogen-bond donors (Lipinski definition) is 1. The summed E-state index contributed by atoms with van der Waals surface area (Å²) in [4.78, 5) is 12.8. The van der Waals surface area contributed by atoms with E-state index < -0.39 is 0 Å². The van der Waals surface area contributed by atoms with Gasteiger partial charge in [0.1, 0.15) is 0 Å². The lowest BCUT2D eigenvalue weighted by molar-refractivity contribution is 0.814. The molecule has 2 aromatic carbocycles. The Balaban J connectivity index is 2.25. The fourth-order valence-corrected chi connectivity index (χ4v) is 2.62. The van der Waals surface area contributed by atoms with Crippen molar-refractivity contribution in [2.75, 3.05) is 0 Å². The van der Waals surface area contributed by atoms with Gasteiger partial charge in [-0.3, -0.25) is 9.89 Å². The topological polar surface area (TPSA) is 37.8 Å². The van der Waals surface area contributed by atoms with Crippen molar-refractivity contribution < 1.29 is 0 Å². The smallest absolute Gasteiger partial charge is 0.279 e. The molecule has 0 saturated heterocycles. The summed E-state index contributed by atoms with van der Waals surface area (Å²) in [6.07, 6.45) is 0.790. The predicted molar refractivity (Wildman–Crippen MR) is 85.9 cm³/mol. The molecule has 0 aliphatic rings. The van der Waals surface area contributed by atoms with Crippen LogP contribution in [-0.4, -0.2) is 9.78 Å². The molecular formula is C18H18N2O. The summed E-state index contributed by atoms with van der Waals surface area (Å²) < 4.78 is 1.65. The summed E-state index contributed by atoms with van der Waals surface area (Å²) in [5.74, 6) is 0. The number of para-hydroxylation sites is 1. The Labute approximate surface area is 123 Å². The average Bonchev–Trinajstić information content (AvgIpc) is 2.85. The van der Waals surface area contributed by atoms with Crippen LogP contribution in [0.15, 0.2) is 59.4 Å². The first kappa shape index (κ1) is 13.4. The Morgan fingerprint density at radius 1 is 1.00 bits per heavy atom. The number of nitrogens with zero attached hydrogens (tertiary/aromatic N) is 1. The van der Waals surface area contributed by atoms with Crippen molar-refractivity contribution in [2.24, 2.45) is 0 Å². The van der Waals surface area contributed by atoms with E-state index in [0.717, 1.165) is 34.5 Å². The Kier molecular flexibility index (Phi) is 3.48. The standard InChI is InChI=1S/C18H18N2O/c1-3-15-17(14-10-5-4-6-11-14)18(21)20(19-15)16-12-8-7-9-13(16)2/h4-12,19H,3H2,1-2H3. The fourth-order valence-electron chi connectivity index (χ4n) is 2.62. The van der Waals surface area contributed by atoms with Gasteiger partial charge < -0.3 is 0 Å². The highest BCUT2D eigenvalue weighted by molar-refractivity contribution is 5.66. The molecule has 21 heavy (non-hydrogen) atoms. The molecule has 0 spiro atoms. The fraction of sp³-hybridized carbons (Fsp3) is 0.167. The quantitative estimate of drug-likeness (QED) is 0.779. The summed E-state index contributed by atoms with van der Waals surface area (Å²) in [6, 6.07) is 17.7. The molecule has 0 atom stereocenters. The largest absolute Gasteiger partial charge is 0.294 e. The minimum atomic E-state index is 0.00681. The zero-order valence-corrected chi connectivity index (χ0v) is 12.3. The van der Waals surface area contributed by atoms with Crippen LogP contribution in [0.5, 0.6) is 0 Å². The van der Waals surface area contributed by atoms with Gasteiger partial charge in [0.25, 0.3) is 5.56 Å². The highest BCUT2D eigenvalue weighted by Crippen LogP contribution is 2.21. The molecule has 0 bridgehead atoms. The maximum Gasteiger partial charge on any atom is 0.279 e. The van der Waals surface area contributed by atoms with Crippen molar-refractivity contribution in [3.05, 3.63) is 76.2 Å². The molecule has 0 aliphatic heterocycles. The Morgan fingerprint density at radius 2 is 1.67 bits per heavy atom. The Bertz CT molecular complexity index is 813. The maximum atomic E-state index is 12.8. The van der Waals surface area contributed by atoms with E-state index in [9.17, 15) is 4.79 Å². The zero-order chi connectivity index (χ0) is 14.8. The highest BCUT2D eigenvalue weighted by atomic mass is 16.1. The van der Waals surface area contributed by atoms with Crippen molar-refractivity contribution in [3.63, 3.8) is 0 Å². The van der Waals surface area contributed by atoms with Crippen LogP contribution < -0.4 is 5.56 Å². The van der Waals surface area contributed by atoms with Crippen LogP contribution in [-0.2, 0) is 6.42 Å². The summed E-state index contributed by atoms with van der Waals surface area (Å²) in [5, 5.41) is 3.26. The van der Waals surface area contributed by atoms with Crippen LogP contribution in [0.25, 0.3) is 16.8 Å². The highest BCUT2D eigenvalue weighted by Gasteiger charge is 2.16. The average molecular weight is 278 g/mol. The molecule has 0 unspecified atom stereocenters. The second-order valence-corrected chi connectivity index (χ2v) is 5.11. The van der Waals surface area contributed by atoms with Crippen LogP contribution in [0, 0.1) is 6.92 Å². The van der Waals surface area contributed by atoms with E-state index in [0.29, 0.717) is 0 Å². The van der Waals surface area contributed by atoms with Crippen molar-refractivity contribution in [1.29, 1.82) is 0 Å². The van der Waals surface area contributed by atoms with Crippen molar-refractivity contribution in [3.8, 4) is 16.8 Å². The number of aryl methyl sites for hydroxylation is 2. The van der Waals surface area contributed by atoms with Crippen molar-refractivity contribution in [2.45, 2.75) is 20.3 Å². The van der Waals surface area contributed by atoms with E-state index in [1.54, 1.807) is 4.68 Å². The molecule has 3 nitrogen and oxygen atoms in total. The molecule has 3 heteroatoms. The Morgan fingerprint density at radius 3 is 2.33 bits per heavy atom. The normalized spacial score (nSPS) is 10.8. The van der Waals surface area contributed by atoms with Crippen LogP contribution >= 0.6 is 0 Å². The van der Waals surface area contributed by atoms with E-state index in [4.69, 9.17) is 0 Å². The molecular weight excluding hydrogens is 260 g/mol. The number of rotatable bonds is 3. The van der Waals surface area contributed by atoms with Gasteiger partial charge in [-0.25, -0.2) is 4.68 Å². The third-order valence-corrected chi connectivity index (χ3v) is 3.74. The van der Waals surface area contributed by atoms with Crippen LogP contribution in [0.4, 0.5) is 0 Å². The van der Waals surface area contributed by atoms with Crippen molar-refractivity contribution in [1.82, 2.24) is 9.78 Å². The first-order valence-electron chi connectivity index (χ1n) is 7.17. The summed E-state index contributed by atoms with van der Waals surface area (Å²) in [6.45, 7) is 4.07. The summed E-state index contributed by atoms with van der Waals surface area (Å²) in [5.41, 5.74) is 4.67. The number of hydrogen-bond acceptors (Lipinski definition) is 1. The second kappa shape index (κ2) is 5.44. The summed E-state index contributed by atoms with van der Waals surface area (Å²) in [7, 11) is 0. The third kappa shape index (κ3) is 2.31. The van der Waals surface area contributed by atoms with E-state index in [1.165, 1.54) is 0 Å². The van der Waals surface area contributed by atoms with Gasteiger partial charge >= 0.3 is 0 Å². The molecule has 0 amide bonds. The number of nitrogens with one attached hydrogen (secondary N) is 1. The lowest BCUT2D eigenvalue weighted by atomic mass is 10.1. The zero-order valence-electron chi connectivity index (χ0n) is 12.3. The van der Waals surface area contributed by atoms with E-state index in [-0.39, 0.29) is 5.56 Å². The van der Waals surface area contributed by atoms with Crippen LogP contribution in [0.1, 0.15) is 18.2 Å². The minimum absolute atomic E-state index is 0.00681. The van der Waals surface area contributed by atoms with Crippen LogP contribution in [0.2, 0.25) is 0 Å². The van der Waals surface area contributed by atoms with Gasteiger partial charge in [0.15, 0.2) is 0 Å². The van der Waals surface area contributed by atoms with Gasteiger partial charge in [-0.1, -0.05) is 55.5 Å². The summed E-state index contributed by atoms with van der Waals surface area (Å²) >= 11 is 0. The number of benzene rings is 2. The first-order valence-corrected chi connectivity index (χ1v) is 7.17. The monoisotopic (exact) mass is 278 g/mol. The number of H-pyrrole nitrogens is 1. The molecule has 106 valence electrons. The Hall–Kier alpha value is -2.55. The molecule has 1 heterocycles. The van der Waals surface area contributed by atoms with Gasteiger partial charge in [0, 0.05) is 5.69 Å². The molecule has 3 rings (SSSR count). The number of aromatic nitrogens is 2. The molecule has 3 aromatic rings. The van der Waals surface area contributed by atoms with E-state index in [1.807, 2.05) is 61.5 Å². The van der Waals surface area contributed by atoms with Gasteiger partial charge in [-0.2, -0.15) is 0 Å². The van der Waals surface area contributed by atoms with Crippen molar-refractivity contribution >= 4 is 0 Å². The SMILES string of the molecule is CCc1[nH]n(-c2ccccc2C)c(=O)c1-c1ccccc1. The second-order valence-electron chi connectivity index (χ2n) is 5.11. The van der Waals surface area contributed by atoms with Gasteiger partial charge in [0.05, 0.1) is 11.3 Å². The molecule has 0 fully saturated rings. The van der Waals surface area contributed by atoms with Gasteiger partial charge in [-0.05, 0) is 30.5 Å². The molecule has 0 saturated carbocycles. The van der Waals surface area contributed by atoms with Gasteiger partial charge in [-0.15, -0.1) is 0 Å². The third-order valence-electron chi connectivity index (χ3n) is 3.74. The predicted octanol–water partition coefficient (Wildman–Crippen LogP) is 3.70. The molecule has 1 aromatic heterocycles. The van der Waals surface area contributed by atoms with E-state index >= 15 is 0 Å². The minimum Gasteiger partial charge on any atom is -0.294 e. The number of aromatic amines is 1. The lowest BCUT2D eigenvalue weighted by Crippen LogP contribution is -2.16. The molecule has 0 aliphatic carbocycles. The lowest BCUT2D eigenvalue weighted by Gasteiger charge is -2.04. The van der Waals surface area contributed by atoms with Gasteiger partial charge in [0.2, 0.25) is 0 Å². The van der Waals surface area contributed by atoms with Crippen LogP contribution in [0.3, 0.4) is 0 Å².